The summed E-state index contributed by atoms with van der Waals surface area (Å²) in [7, 11) is 1.60. The average molecular weight is 450 g/mol. The quantitative estimate of drug-likeness (QED) is 0.382. The van der Waals surface area contributed by atoms with Crippen LogP contribution in [0.5, 0.6) is 5.75 Å². The van der Waals surface area contributed by atoms with Gasteiger partial charge >= 0.3 is 0 Å². The van der Waals surface area contributed by atoms with Gasteiger partial charge in [-0.1, -0.05) is 18.2 Å². The van der Waals surface area contributed by atoms with Gasteiger partial charge in [0.05, 0.1) is 24.7 Å². The summed E-state index contributed by atoms with van der Waals surface area (Å²) in [4.78, 5) is 21.0. The number of hydrogen-bond acceptors (Lipinski definition) is 6. The van der Waals surface area contributed by atoms with E-state index < -0.39 is 11.6 Å². The summed E-state index contributed by atoms with van der Waals surface area (Å²) in [6.07, 6.45) is 4.84. The molecule has 168 valence electrons. The van der Waals surface area contributed by atoms with Crippen molar-refractivity contribution in [1.82, 2.24) is 19.7 Å². The second kappa shape index (κ2) is 10.1. The van der Waals surface area contributed by atoms with Gasteiger partial charge in [0.25, 0.3) is 0 Å². The van der Waals surface area contributed by atoms with Gasteiger partial charge in [0.15, 0.2) is 23.2 Å². The molecule has 9 heteroatoms. The molecule has 0 fully saturated rings. The molecule has 0 unspecified atom stereocenters. The first-order valence-corrected chi connectivity index (χ1v) is 10.1. The minimum atomic E-state index is -0.989. The minimum Gasteiger partial charge on any atom is -0.488 e. The molecule has 0 bridgehead atoms. The van der Waals surface area contributed by atoms with Gasteiger partial charge < -0.3 is 9.47 Å². The van der Waals surface area contributed by atoms with Gasteiger partial charge in [0.2, 0.25) is 5.43 Å². The summed E-state index contributed by atoms with van der Waals surface area (Å²) in [6.45, 7) is 0.871. The Morgan fingerprint density at radius 2 is 1.79 bits per heavy atom. The monoisotopic (exact) mass is 450 g/mol. The van der Waals surface area contributed by atoms with Gasteiger partial charge in [0.1, 0.15) is 12.3 Å². The molecular formula is C24H20F2N4O3. The van der Waals surface area contributed by atoms with Crippen molar-refractivity contribution in [2.75, 3.05) is 20.3 Å². The molecule has 0 atom stereocenters. The number of nitrogens with zero attached hydrogens (tertiary/aromatic N) is 4. The molecule has 0 spiro atoms. The molecular weight excluding hydrogens is 430 g/mol. The number of aromatic nitrogens is 4. The van der Waals surface area contributed by atoms with Gasteiger partial charge in [-0.15, -0.1) is 0 Å². The molecule has 0 aliphatic rings. The molecule has 33 heavy (non-hydrogen) atoms. The first-order chi connectivity index (χ1) is 16.0. The minimum absolute atomic E-state index is 0.245. The highest BCUT2D eigenvalue weighted by Gasteiger charge is 2.10. The highest BCUT2D eigenvalue weighted by molar-refractivity contribution is 5.56. The molecule has 0 aliphatic heterocycles. The zero-order chi connectivity index (χ0) is 23.2. The number of methoxy groups -OCH3 is 1. The number of rotatable bonds is 8. The predicted molar refractivity (Wildman–Crippen MR) is 117 cm³/mol. The largest absolute Gasteiger partial charge is 0.488 e. The topological polar surface area (TPSA) is 79.1 Å². The van der Waals surface area contributed by atoms with E-state index >= 15 is 0 Å². The Kier molecular flexibility index (Phi) is 6.80. The third kappa shape index (κ3) is 5.45. The second-order valence-electron chi connectivity index (χ2n) is 7.13. The third-order valence-corrected chi connectivity index (χ3v) is 4.79. The SMILES string of the molecule is COCCOc1cnc(-c2cccc(Cc3nn(-c4ccc(F)c(F)c4)ccc3=O)c2)nc1. The summed E-state index contributed by atoms with van der Waals surface area (Å²) >= 11 is 0. The normalized spacial score (nSPS) is 10.9. The third-order valence-electron chi connectivity index (χ3n) is 4.79. The van der Waals surface area contributed by atoms with Crippen molar-refractivity contribution in [3.8, 4) is 22.8 Å². The van der Waals surface area contributed by atoms with Crippen LogP contribution in [0.1, 0.15) is 11.3 Å². The molecule has 0 N–H and O–H groups in total. The van der Waals surface area contributed by atoms with Crippen molar-refractivity contribution in [3.63, 3.8) is 0 Å². The number of hydrogen-bond donors (Lipinski definition) is 0. The Bertz CT molecular complexity index is 1310. The van der Waals surface area contributed by atoms with E-state index in [1.807, 2.05) is 24.3 Å². The summed E-state index contributed by atoms with van der Waals surface area (Å²) in [5.74, 6) is -0.889. The summed E-state index contributed by atoms with van der Waals surface area (Å²) in [6, 6.07) is 12.2. The van der Waals surface area contributed by atoms with E-state index in [2.05, 4.69) is 15.1 Å². The fourth-order valence-electron chi connectivity index (χ4n) is 3.14. The Hall–Kier alpha value is -3.98. The van der Waals surface area contributed by atoms with Gasteiger partial charge in [0, 0.05) is 37.4 Å². The van der Waals surface area contributed by atoms with Crippen LogP contribution in [-0.4, -0.2) is 40.1 Å². The average Bonchev–Trinajstić information content (AvgIpc) is 2.83. The number of halogens is 2. The summed E-state index contributed by atoms with van der Waals surface area (Å²) < 4.78 is 38.6. The predicted octanol–water partition coefficient (Wildman–Crippen LogP) is 3.58. The maximum Gasteiger partial charge on any atom is 0.203 e. The molecule has 0 amide bonds. The molecule has 0 saturated carbocycles. The maximum absolute atomic E-state index is 13.6. The Balaban J connectivity index is 1.55. The van der Waals surface area contributed by atoms with Gasteiger partial charge in [-0.3, -0.25) is 4.79 Å². The Morgan fingerprint density at radius 1 is 0.970 bits per heavy atom. The van der Waals surface area contributed by atoms with Crippen LogP contribution in [0.4, 0.5) is 8.78 Å². The van der Waals surface area contributed by atoms with Crippen LogP contribution in [0, 0.1) is 11.6 Å². The highest BCUT2D eigenvalue weighted by atomic mass is 19.2. The Morgan fingerprint density at radius 3 is 2.55 bits per heavy atom. The van der Waals surface area contributed by atoms with Crippen molar-refractivity contribution < 1.29 is 18.3 Å². The lowest BCUT2D eigenvalue weighted by Gasteiger charge is -2.09. The summed E-state index contributed by atoms with van der Waals surface area (Å²) in [5.41, 5.74) is 1.91. The molecule has 2 aromatic carbocycles. The van der Waals surface area contributed by atoms with Gasteiger partial charge in [-0.25, -0.2) is 23.4 Å². The van der Waals surface area contributed by atoms with Crippen LogP contribution in [0.3, 0.4) is 0 Å². The van der Waals surface area contributed by atoms with Crippen molar-refractivity contribution in [2.45, 2.75) is 6.42 Å². The molecule has 7 nitrogen and oxygen atoms in total. The molecule has 0 saturated heterocycles. The van der Waals surface area contributed by atoms with E-state index in [-0.39, 0.29) is 17.5 Å². The molecule has 4 rings (SSSR count). The lowest BCUT2D eigenvalue weighted by Crippen LogP contribution is -2.16. The molecule has 4 aromatic rings. The van der Waals surface area contributed by atoms with Crippen LogP contribution < -0.4 is 10.2 Å². The van der Waals surface area contributed by atoms with Crippen LogP contribution in [-0.2, 0) is 11.2 Å². The molecule has 2 aromatic heterocycles. The van der Waals surface area contributed by atoms with Crippen molar-refractivity contribution in [3.05, 3.63) is 100 Å². The van der Waals surface area contributed by atoms with E-state index in [9.17, 15) is 13.6 Å². The Labute approximate surface area is 188 Å². The zero-order valence-electron chi connectivity index (χ0n) is 17.7. The molecule has 2 heterocycles. The van der Waals surface area contributed by atoms with Gasteiger partial charge in [-0.2, -0.15) is 5.10 Å². The van der Waals surface area contributed by atoms with Crippen LogP contribution in [0.2, 0.25) is 0 Å². The van der Waals surface area contributed by atoms with Crippen molar-refractivity contribution in [1.29, 1.82) is 0 Å². The number of ether oxygens (including phenoxy) is 2. The van der Waals surface area contributed by atoms with Crippen LogP contribution in [0.25, 0.3) is 17.1 Å². The first kappa shape index (κ1) is 22.2. The van der Waals surface area contributed by atoms with Crippen LogP contribution >= 0.6 is 0 Å². The highest BCUT2D eigenvalue weighted by Crippen LogP contribution is 2.19. The van der Waals surface area contributed by atoms with Crippen molar-refractivity contribution in [2.24, 2.45) is 0 Å². The van der Waals surface area contributed by atoms with E-state index in [1.54, 1.807) is 19.5 Å². The summed E-state index contributed by atoms with van der Waals surface area (Å²) in [5, 5.41) is 4.32. The van der Waals surface area contributed by atoms with E-state index in [0.717, 1.165) is 23.3 Å². The standard InChI is InChI=1S/C24H20F2N4O3/c1-32-9-10-33-19-14-27-24(28-15-19)17-4-2-3-16(11-17)12-22-23(31)7-8-30(29-22)18-5-6-20(25)21(26)13-18/h2-8,11,13-15H,9-10,12H2,1H3. The molecule has 0 aliphatic carbocycles. The zero-order valence-corrected chi connectivity index (χ0v) is 17.7. The molecule has 0 radical (unpaired) electrons. The van der Waals surface area contributed by atoms with E-state index in [1.165, 1.54) is 23.0 Å². The first-order valence-electron chi connectivity index (χ1n) is 10.1. The maximum atomic E-state index is 13.6. The van der Waals surface area contributed by atoms with Gasteiger partial charge in [-0.05, 0) is 23.8 Å². The fraction of sp³-hybridized carbons (Fsp3) is 0.167. The van der Waals surface area contributed by atoms with Crippen LogP contribution in [0.15, 0.2) is 71.9 Å². The number of benzene rings is 2. The lowest BCUT2D eigenvalue weighted by atomic mass is 10.1. The second-order valence-corrected chi connectivity index (χ2v) is 7.13. The van der Waals surface area contributed by atoms with Crippen molar-refractivity contribution >= 4 is 0 Å². The lowest BCUT2D eigenvalue weighted by molar-refractivity contribution is 0.146. The van der Waals surface area contributed by atoms with E-state index in [0.29, 0.717) is 30.5 Å². The smallest absolute Gasteiger partial charge is 0.203 e. The fourth-order valence-corrected chi connectivity index (χ4v) is 3.14. The van der Waals surface area contributed by atoms with E-state index in [4.69, 9.17) is 9.47 Å².